The average molecular weight is 401 g/mol. The van der Waals surface area contributed by atoms with Crippen LogP contribution in [0.4, 0.5) is 5.13 Å². The number of anilines is 1. The number of carbonyl (C=O) groups excluding carboxylic acids is 1. The molecule has 0 aliphatic carbocycles. The van der Waals surface area contributed by atoms with Crippen LogP contribution in [0.25, 0.3) is 10.2 Å². The van der Waals surface area contributed by atoms with Crippen molar-refractivity contribution >= 4 is 49.9 Å². The van der Waals surface area contributed by atoms with Gasteiger partial charge in [-0.15, -0.1) is 0 Å². The zero-order valence-corrected chi connectivity index (χ0v) is 15.9. The molecule has 1 aromatic heterocycles. The van der Waals surface area contributed by atoms with Crippen LogP contribution in [-0.4, -0.2) is 36.3 Å². The number of carbonyl (C=O) groups is 1. The molecule has 27 heavy (non-hydrogen) atoms. The molecule has 1 aliphatic rings. The van der Waals surface area contributed by atoms with E-state index < -0.39 is 0 Å². The largest absolute Gasteiger partial charge is 0.497 e. The first-order valence-electron chi connectivity index (χ1n) is 8.09. The zero-order chi connectivity index (χ0) is 18.8. The monoisotopic (exact) mass is 401 g/mol. The molecule has 2 heterocycles. The van der Waals surface area contributed by atoms with E-state index in [0.717, 1.165) is 16.0 Å². The molecule has 0 saturated carbocycles. The lowest BCUT2D eigenvalue weighted by Gasteiger charge is -2.18. The van der Waals surface area contributed by atoms with Gasteiger partial charge < -0.3 is 19.5 Å². The lowest BCUT2D eigenvalue weighted by atomic mass is 10.2. The molecule has 2 N–H and O–H groups in total. The maximum Gasteiger partial charge on any atom is 0.257 e. The van der Waals surface area contributed by atoms with Gasteiger partial charge in [0.2, 0.25) is 0 Å². The van der Waals surface area contributed by atoms with E-state index in [4.69, 9.17) is 26.4 Å². The number of thiocarbonyl (C=S) groups is 1. The molecule has 0 unspecified atom stereocenters. The highest BCUT2D eigenvalue weighted by atomic mass is 32.1. The van der Waals surface area contributed by atoms with Crippen molar-refractivity contribution in [3.8, 4) is 17.2 Å². The van der Waals surface area contributed by atoms with Gasteiger partial charge in [-0.25, -0.2) is 4.98 Å². The van der Waals surface area contributed by atoms with Crippen LogP contribution in [0.15, 0.2) is 36.4 Å². The summed E-state index contributed by atoms with van der Waals surface area (Å²) >= 11 is 6.65. The molecule has 1 aliphatic heterocycles. The summed E-state index contributed by atoms with van der Waals surface area (Å²) in [5.74, 6) is 1.59. The van der Waals surface area contributed by atoms with E-state index in [0.29, 0.717) is 35.4 Å². The highest BCUT2D eigenvalue weighted by Gasteiger charge is 2.16. The van der Waals surface area contributed by atoms with Gasteiger partial charge in [0.25, 0.3) is 5.91 Å². The number of nitrogens with zero attached hydrogens (tertiary/aromatic N) is 1. The van der Waals surface area contributed by atoms with E-state index >= 15 is 0 Å². The lowest BCUT2D eigenvalue weighted by molar-refractivity contribution is 0.0976. The minimum absolute atomic E-state index is 0.168. The molecule has 1 amide bonds. The third-order valence-corrected chi connectivity index (χ3v) is 4.99. The van der Waals surface area contributed by atoms with Crippen molar-refractivity contribution in [1.29, 1.82) is 0 Å². The highest BCUT2D eigenvalue weighted by Crippen LogP contribution is 2.31. The van der Waals surface area contributed by atoms with Crippen LogP contribution in [0, 0.1) is 0 Å². The number of methoxy groups -OCH3 is 1. The fourth-order valence-corrected chi connectivity index (χ4v) is 3.73. The van der Waals surface area contributed by atoms with Crippen molar-refractivity contribution < 1.29 is 19.0 Å². The molecule has 0 atom stereocenters. The molecule has 0 saturated heterocycles. The predicted octanol–water partition coefficient (Wildman–Crippen LogP) is 3.20. The first-order valence-corrected chi connectivity index (χ1v) is 9.31. The van der Waals surface area contributed by atoms with Gasteiger partial charge in [0.1, 0.15) is 19.0 Å². The van der Waals surface area contributed by atoms with Gasteiger partial charge in [-0.2, -0.15) is 0 Å². The van der Waals surface area contributed by atoms with Gasteiger partial charge in [0.15, 0.2) is 21.7 Å². The smallest absolute Gasteiger partial charge is 0.257 e. The number of benzene rings is 2. The van der Waals surface area contributed by atoms with E-state index in [1.165, 1.54) is 11.3 Å². The van der Waals surface area contributed by atoms with E-state index in [1.807, 2.05) is 18.2 Å². The predicted molar refractivity (Wildman–Crippen MR) is 107 cm³/mol. The van der Waals surface area contributed by atoms with Gasteiger partial charge in [-0.3, -0.25) is 10.1 Å². The number of amides is 1. The Hall–Kier alpha value is -2.91. The number of fused-ring (bicyclic) bond motifs is 2. The minimum Gasteiger partial charge on any atom is -0.497 e. The highest BCUT2D eigenvalue weighted by molar-refractivity contribution is 7.80. The Kier molecular flexibility index (Phi) is 4.78. The van der Waals surface area contributed by atoms with Crippen LogP contribution >= 0.6 is 23.6 Å². The second kappa shape index (κ2) is 7.37. The van der Waals surface area contributed by atoms with Crippen molar-refractivity contribution in [3.63, 3.8) is 0 Å². The summed E-state index contributed by atoms with van der Waals surface area (Å²) in [6.07, 6.45) is 0. The maximum atomic E-state index is 12.4. The molecule has 0 fully saturated rings. The summed E-state index contributed by atoms with van der Waals surface area (Å²) < 4.78 is 17.1. The van der Waals surface area contributed by atoms with E-state index in [2.05, 4.69) is 15.6 Å². The van der Waals surface area contributed by atoms with Crippen molar-refractivity contribution in [2.24, 2.45) is 0 Å². The van der Waals surface area contributed by atoms with Gasteiger partial charge >= 0.3 is 0 Å². The van der Waals surface area contributed by atoms with Crippen LogP contribution in [0.5, 0.6) is 17.2 Å². The number of aromatic nitrogens is 1. The molecule has 4 rings (SSSR count). The molecular formula is C18H15N3O4S2. The molecule has 138 valence electrons. The Bertz CT molecular complexity index is 1030. The van der Waals surface area contributed by atoms with E-state index in [1.54, 1.807) is 25.3 Å². The van der Waals surface area contributed by atoms with Crippen LogP contribution in [0.3, 0.4) is 0 Å². The Balaban J connectivity index is 1.43. The van der Waals surface area contributed by atoms with Crippen LogP contribution in [0.2, 0.25) is 0 Å². The zero-order valence-electron chi connectivity index (χ0n) is 14.3. The molecule has 0 bridgehead atoms. The number of rotatable bonds is 3. The fourth-order valence-electron chi connectivity index (χ4n) is 2.57. The number of thiazole rings is 1. The fraction of sp³-hybridized carbons (Fsp3) is 0.167. The molecule has 7 nitrogen and oxygen atoms in total. The van der Waals surface area contributed by atoms with Gasteiger partial charge in [-0.1, -0.05) is 11.3 Å². The van der Waals surface area contributed by atoms with Crippen molar-refractivity contribution in [3.05, 3.63) is 42.0 Å². The third-order valence-electron chi connectivity index (χ3n) is 3.85. The minimum atomic E-state index is -0.341. The second-order valence-electron chi connectivity index (χ2n) is 5.62. The van der Waals surface area contributed by atoms with Crippen LogP contribution in [0.1, 0.15) is 10.4 Å². The summed E-state index contributed by atoms with van der Waals surface area (Å²) in [7, 11) is 1.61. The third kappa shape index (κ3) is 3.79. The van der Waals surface area contributed by atoms with E-state index in [-0.39, 0.29) is 11.0 Å². The molecule has 0 radical (unpaired) electrons. The van der Waals surface area contributed by atoms with Crippen LogP contribution < -0.4 is 24.8 Å². The number of hydrogen-bond donors (Lipinski definition) is 2. The Morgan fingerprint density at radius 1 is 1.19 bits per heavy atom. The quantitative estimate of drug-likeness (QED) is 0.652. The summed E-state index contributed by atoms with van der Waals surface area (Å²) in [5, 5.41) is 6.34. The Morgan fingerprint density at radius 3 is 2.81 bits per heavy atom. The normalized spacial score (nSPS) is 12.5. The number of nitrogens with one attached hydrogen (secondary N) is 2. The van der Waals surface area contributed by atoms with Crippen molar-refractivity contribution in [2.45, 2.75) is 0 Å². The maximum absolute atomic E-state index is 12.4. The molecule has 3 aromatic rings. The Labute approximate surface area is 164 Å². The lowest BCUT2D eigenvalue weighted by Crippen LogP contribution is -2.34. The van der Waals surface area contributed by atoms with Gasteiger partial charge in [0, 0.05) is 5.56 Å². The van der Waals surface area contributed by atoms with Gasteiger partial charge in [0.05, 0.1) is 17.3 Å². The first kappa shape index (κ1) is 17.5. The molecule has 2 aromatic carbocycles. The summed E-state index contributed by atoms with van der Waals surface area (Å²) in [6.45, 7) is 0.959. The van der Waals surface area contributed by atoms with Crippen molar-refractivity contribution in [2.75, 3.05) is 25.6 Å². The first-order chi connectivity index (χ1) is 13.1. The van der Waals surface area contributed by atoms with Crippen molar-refractivity contribution in [1.82, 2.24) is 10.3 Å². The average Bonchev–Trinajstić information content (AvgIpc) is 3.08. The molecular weight excluding hydrogens is 386 g/mol. The molecule has 9 heteroatoms. The SMILES string of the molecule is COc1ccc2nc(NC(=S)NC(=O)c3ccc4c(c3)OCCO4)sc2c1. The summed E-state index contributed by atoms with van der Waals surface area (Å²) in [6, 6.07) is 10.6. The topological polar surface area (TPSA) is 81.7 Å². The number of ether oxygens (including phenoxy) is 3. The second-order valence-corrected chi connectivity index (χ2v) is 7.06. The van der Waals surface area contributed by atoms with Gasteiger partial charge in [-0.05, 0) is 48.6 Å². The number of hydrogen-bond acceptors (Lipinski definition) is 7. The Morgan fingerprint density at radius 2 is 2.00 bits per heavy atom. The molecule has 0 spiro atoms. The van der Waals surface area contributed by atoms with E-state index in [9.17, 15) is 4.79 Å². The summed E-state index contributed by atoms with van der Waals surface area (Å²) in [5.41, 5.74) is 1.25. The summed E-state index contributed by atoms with van der Waals surface area (Å²) in [4.78, 5) is 16.9. The standard InChI is InChI=1S/C18H15N3O4S2/c1-23-11-3-4-12-15(9-11)27-18(19-12)21-17(26)20-16(22)10-2-5-13-14(8-10)25-7-6-24-13/h2-5,8-9H,6-7H2,1H3,(H2,19,20,21,22,26). The van der Waals surface area contributed by atoms with Crippen LogP contribution in [-0.2, 0) is 0 Å².